The summed E-state index contributed by atoms with van der Waals surface area (Å²) in [6, 6.07) is 18.6. The third-order valence-electron chi connectivity index (χ3n) is 4.30. The Morgan fingerprint density at radius 1 is 1.07 bits per heavy atom. The van der Waals surface area contributed by atoms with Crippen LogP contribution in [0.25, 0.3) is 16.7 Å². The Hall–Kier alpha value is -4.05. The topological polar surface area (TPSA) is 83.6 Å². The van der Waals surface area contributed by atoms with E-state index in [1.165, 1.54) is 16.9 Å². The zero-order valence-corrected chi connectivity index (χ0v) is 14.8. The number of nitriles is 1. The molecule has 0 atom stereocenters. The van der Waals surface area contributed by atoms with Gasteiger partial charge in [-0.3, -0.25) is 4.79 Å². The molecule has 0 unspecified atom stereocenters. The van der Waals surface area contributed by atoms with E-state index in [1.54, 1.807) is 6.07 Å². The molecule has 0 spiro atoms. The van der Waals surface area contributed by atoms with E-state index in [0.29, 0.717) is 16.7 Å². The van der Waals surface area contributed by atoms with Crippen LogP contribution in [0.5, 0.6) is 0 Å². The molecular weight excluding hydrogens is 357 g/mol. The number of rotatable bonds is 3. The number of benzene rings is 3. The predicted molar refractivity (Wildman–Crippen MR) is 103 cm³/mol. The SMILES string of the molecule is Cc1cc2nn(-c3ccccc3)nc2cc1NC(=O)c1ccc(C#N)cc1F. The second kappa shape index (κ2) is 6.93. The summed E-state index contributed by atoms with van der Waals surface area (Å²) < 4.78 is 14.1. The Kier molecular flexibility index (Phi) is 4.30. The van der Waals surface area contributed by atoms with Gasteiger partial charge >= 0.3 is 0 Å². The van der Waals surface area contributed by atoms with E-state index >= 15 is 0 Å². The molecule has 6 nitrogen and oxygen atoms in total. The number of carbonyl (C=O) groups excluding carboxylic acids is 1. The van der Waals surface area contributed by atoms with Crippen LogP contribution in [0, 0.1) is 24.1 Å². The first kappa shape index (κ1) is 17.4. The highest BCUT2D eigenvalue weighted by Gasteiger charge is 2.15. The quantitative estimate of drug-likeness (QED) is 0.590. The predicted octanol–water partition coefficient (Wildman–Crippen LogP) is 3.99. The van der Waals surface area contributed by atoms with Crippen LogP contribution in [0.15, 0.2) is 60.7 Å². The molecule has 3 aromatic carbocycles. The zero-order chi connectivity index (χ0) is 19.7. The molecule has 1 aromatic heterocycles. The lowest BCUT2D eigenvalue weighted by molar-refractivity contribution is 0.102. The van der Waals surface area contributed by atoms with Gasteiger partial charge in [-0.1, -0.05) is 18.2 Å². The number of aromatic nitrogens is 3. The zero-order valence-electron chi connectivity index (χ0n) is 14.8. The van der Waals surface area contributed by atoms with Gasteiger partial charge in [0.2, 0.25) is 0 Å². The van der Waals surface area contributed by atoms with Gasteiger partial charge in [0.25, 0.3) is 5.91 Å². The fraction of sp³-hybridized carbons (Fsp3) is 0.0476. The second-order valence-corrected chi connectivity index (χ2v) is 6.24. The average Bonchev–Trinajstić information content (AvgIpc) is 3.11. The van der Waals surface area contributed by atoms with Crippen molar-refractivity contribution >= 4 is 22.6 Å². The van der Waals surface area contributed by atoms with Gasteiger partial charge in [-0.25, -0.2) is 4.39 Å². The highest BCUT2D eigenvalue weighted by molar-refractivity contribution is 6.05. The van der Waals surface area contributed by atoms with E-state index in [9.17, 15) is 9.18 Å². The average molecular weight is 371 g/mol. The van der Waals surface area contributed by atoms with Gasteiger partial charge in [-0.05, 0) is 55.0 Å². The molecular formula is C21H14FN5O. The number of nitrogens with one attached hydrogen (secondary N) is 1. The van der Waals surface area contributed by atoms with Crippen LogP contribution in [0.3, 0.4) is 0 Å². The van der Waals surface area contributed by atoms with Crippen LogP contribution in [0.4, 0.5) is 10.1 Å². The minimum atomic E-state index is -0.745. The molecule has 7 heteroatoms. The van der Waals surface area contributed by atoms with E-state index in [1.807, 2.05) is 49.4 Å². The number of fused-ring (bicyclic) bond motifs is 1. The molecule has 0 aliphatic carbocycles. The van der Waals surface area contributed by atoms with Crippen LogP contribution in [-0.4, -0.2) is 20.9 Å². The maximum atomic E-state index is 14.1. The number of hydrogen-bond acceptors (Lipinski definition) is 4. The Morgan fingerprint density at radius 2 is 1.79 bits per heavy atom. The molecule has 0 saturated carbocycles. The second-order valence-electron chi connectivity index (χ2n) is 6.24. The number of hydrogen-bond donors (Lipinski definition) is 1. The number of amides is 1. The van der Waals surface area contributed by atoms with Crippen LogP contribution >= 0.6 is 0 Å². The molecule has 1 heterocycles. The van der Waals surface area contributed by atoms with Gasteiger partial charge in [-0.15, -0.1) is 10.2 Å². The summed E-state index contributed by atoms with van der Waals surface area (Å²) in [5.74, 6) is -1.34. The maximum Gasteiger partial charge on any atom is 0.258 e. The van der Waals surface area contributed by atoms with Crippen molar-refractivity contribution in [3.05, 3.63) is 83.2 Å². The molecule has 0 saturated heterocycles. The van der Waals surface area contributed by atoms with Gasteiger partial charge in [0.15, 0.2) is 0 Å². The van der Waals surface area contributed by atoms with Gasteiger partial charge in [0, 0.05) is 5.69 Å². The smallest absolute Gasteiger partial charge is 0.258 e. The number of para-hydroxylation sites is 1. The number of halogens is 1. The Morgan fingerprint density at radius 3 is 2.46 bits per heavy atom. The van der Waals surface area contributed by atoms with Crippen molar-refractivity contribution in [2.75, 3.05) is 5.32 Å². The highest BCUT2D eigenvalue weighted by atomic mass is 19.1. The van der Waals surface area contributed by atoms with Gasteiger partial charge in [0.1, 0.15) is 16.9 Å². The molecule has 0 bridgehead atoms. The fourth-order valence-corrected chi connectivity index (χ4v) is 2.84. The summed E-state index contributed by atoms with van der Waals surface area (Å²) in [6.07, 6.45) is 0. The normalized spacial score (nSPS) is 10.6. The van der Waals surface area contributed by atoms with Crippen LogP contribution < -0.4 is 5.32 Å². The van der Waals surface area contributed by atoms with Crippen molar-refractivity contribution < 1.29 is 9.18 Å². The number of aryl methyl sites for hydroxylation is 1. The fourth-order valence-electron chi connectivity index (χ4n) is 2.84. The van der Waals surface area contributed by atoms with Crippen molar-refractivity contribution in [2.45, 2.75) is 6.92 Å². The summed E-state index contributed by atoms with van der Waals surface area (Å²) >= 11 is 0. The molecule has 136 valence electrons. The van der Waals surface area contributed by atoms with Crippen molar-refractivity contribution in [1.82, 2.24) is 15.0 Å². The van der Waals surface area contributed by atoms with Crippen LogP contribution in [0.1, 0.15) is 21.5 Å². The number of carbonyl (C=O) groups is 1. The van der Waals surface area contributed by atoms with E-state index < -0.39 is 11.7 Å². The molecule has 0 aliphatic heterocycles. The van der Waals surface area contributed by atoms with Crippen molar-refractivity contribution in [2.24, 2.45) is 0 Å². The third-order valence-corrected chi connectivity index (χ3v) is 4.30. The Bertz CT molecular complexity index is 1240. The third kappa shape index (κ3) is 3.19. The Balaban J connectivity index is 1.66. The summed E-state index contributed by atoms with van der Waals surface area (Å²) in [7, 11) is 0. The Labute approximate surface area is 159 Å². The van der Waals surface area contributed by atoms with E-state index in [0.717, 1.165) is 17.3 Å². The molecule has 4 rings (SSSR count). The monoisotopic (exact) mass is 371 g/mol. The molecule has 1 amide bonds. The minimum Gasteiger partial charge on any atom is -0.322 e. The standard InChI is InChI=1S/C21H14FN5O/c1-13-9-19-20(26-27(25-19)15-5-3-2-4-6-15)11-18(13)24-21(28)16-8-7-14(12-23)10-17(16)22/h2-11H,1H3,(H,24,28). The van der Waals surface area contributed by atoms with Crippen LogP contribution in [0.2, 0.25) is 0 Å². The minimum absolute atomic E-state index is 0.133. The highest BCUT2D eigenvalue weighted by Crippen LogP contribution is 2.23. The lowest BCUT2D eigenvalue weighted by Gasteiger charge is -2.09. The summed E-state index contributed by atoms with van der Waals surface area (Å²) in [4.78, 5) is 14.0. The molecule has 1 N–H and O–H groups in total. The van der Waals surface area contributed by atoms with E-state index in [2.05, 4.69) is 15.5 Å². The van der Waals surface area contributed by atoms with Gasteiger partial charge < -0.3 is 5.32 Å². The lowest BCUT2D eigenvalue weighted by atomic mass is 10.1. The number of nitrogens with zero attached hydrogens (tertiary/aromatic N) is 4. The van der Waals surface area contributed by atoms with Crippen molar-refractivity contribution in [1.29, 1.82) is 5.26 Å². The summed E-state index contributed by atoms with van der Waals surface area (Å²) in [5.41, 5.74) is 3.42. The van der Waals surface area contributed by atoms with E-state index in [4.69, 9.17) is 5.26 Å². The first-order valence-corrected chi connectivity index (χ1v) is 8.49. The largest absolute Gasteiger partial charge is 0.322 e. The molecule has 4 aromatic rings. The van der Waals surface area contributed by atoms with E-state index in [-0.39, 0.29) is 11.1 Å². The van der Waals surface area contributed by atoms with Crippen molar-refractivity contribution in [3.63, 3.8) is 0 Å². The number of anilines is 1. The molecule has 0 radical (unpaired) electrons. The van der Waals surface area contributed by atoms with Crippen molar-refractivity contribution in [3.8, 4) is 11.8 Å². The first-order chi connectivity index (χ1) is 13.5. The van der Waals surface area contributed by atoms with Gasteiger partial charge in [-0.2, -0.15) is 10.1 Å². The molecule has 0 fully saturated rings. The molecule has 28 heavy (non-hydrogen) atoms. The van der Waals surface area contributed by atoms with Crippen LogP contribution in [-0.2, 0) is 0 Å². The lowest BCUT2D eigenvalue weighted by Crippen LogP contribution is -2.14. The first-order valence-electron chi connectivity index (χ1n) is 8.49. The summed E-state index contributed by atoms with van der Waals surface area (Å²) in [5, 5.41) is 20.4. The molecule has 0 aliphatic rings. The van der Waals surface area contributed by atoms with Gasteiger partial charge in [0.05, 0.1) is 22.9 Å². The summed E-state index contributed by atoms with van der Waals surface area (Å²) in [6.45, 7) is 1.83. The maximum absolute atomic E-state index is 14.1.